The van der Waals surface area contributed by atoms with Gasteiger partial charge in [0.1, 0.15) is 11.9 Å². The van der Waals surface area contributed by atoms with Crippen LogP contribution in [0.2, 0.25) is 9.36 Å². The maximum atomic E-state index is 13.6. The molecule has 0 saturated carbocycles. The summed E-state index contributed by atoms with van der Waals surface area (Å²) in [5.41, 5.74) is 0.190. The highest BCUT2D eigenvalue weighted by Crippen LogP contribution is 2.28. The highest BCUT2D eigenvalue weighted by molar-refractivity contribution is 7.16. The van der Waals surface area contributed by atoms with Crippen LogP contribution in [0.4, 0.5) is 4.39 Å². The second kappa shape index (κ2) is 7.92. The Morgan fingerprint density at radius 1 is 1.36 bits per heavy atom. The van der Waals surface area contributed by atoms with Gasteiger partial charge in [0.2, 0.25) is 5.91 Å². The molecule has 0 aliphatic rings. The molecule has 1 heterocycles. The summed E-state index contributed by atoms with van der Waals surface area (Å²) >= 11 is 13.2. The number of carbonyl (C=O) groups excluding carboxylic acids is 1. The normalized spacial score (nSPS) is 12.2. The molecule has 22 heavy (non-hydrogen) atoms. The standard InChI is InChI=1S/C15H14Cl2FNO2S/c1-21-12(13-5-6-14(17)22-13)8-19-15(20)7-9-10(16)3-2-4-11(9)18/h2-6,12H,7-8H2,1H3,(H,19,20)/t12-/m1/s1. The number of thiophene rings is 1. The Morgan fingerprint density at radius 2 is 2.14 bits per heavy atom. The van der Waals surface area contributed by atoms with Crippen LogP contribution >= 0.6 is 34.5 Å². The average Bonchev–Trinajstić information content (AvgIpc) is 2.90. The van der Waals surface area contributed by atoms with E-state index in [4.69, 9.17) is 27.9 Å². The monoisotopic (exact) mass is 361 g/mol. The Bertz CT molecular complexity index is 642. The van der Waals surface area contributed by atoms with Crippen LogP contribution in [-0.2, 0) is 16.0 Å². The van der Waals surface area contributed by atoms with E-state index in [1.54, 1.807) is 19.2 Å². The van der Waals surface area contributed by atoms with Crippen LogP contribution in [0.25, 0.3) is 0 Å². The van der Waals surface area contributed by atoms with Crippen molar-refractivity contribution in [1.29, 1.82) is 0 Å². The van der Waals surface area contributed by atoms with Gasteiger partial charge in [-0.15, -0.1) is 11.3 Å². The summed E-state index contributed by atoms with van der Waals surface area (Å²) < 4.78 is 19.6. The first-order valence-electron chi connectivity index (χ1n) is 6.49. The van der Waals surface area contributed by atoms with E-state index < -0.39 is 5.82 Å². The van der Waals surface area contributed by atoms with Crippen LogP contribution in [0.3, 0.4) is 0 Å². The minimum Gasteiger partial charge on any atom is -0.374 e. The molecule has 3 nitrogen and oxygen atoms in total. The third kappa shape index (κ3) is 4.43. The summed E-state index contributed by atoms with van der Waals surface area (Å²) in [5, 5.41) is 2.96. The first-order chi connectivity index (χ1) is 10.5. The fourth-order valence-electron chi connectivity index (χ4n) is 1.93. The summed E-state index contributed by atoms with van der Waals surface area (Å²) in [6.45, 7) is 0.276. The molecule has 0 fully saturated rings. The maximum Gasteiger partial charge on any atom is 0.224 e. The molecule has 2 aromatic rings. The number of nitrogens with one attached hydrogen (secondary N) is 1. The summed E-state index contributed by atoms with van der Waals surface area (Å²) in [5.74, 6) is -0.812. The molecule has 0 bridgehead atoms. The van der Waals surface area contributed by atoms with Gasteiger partial charge >= 0.3 is 0 Å². The second-order valence-corrected chi connectivity index (χ2v) is 6.70. The molecule has 1 N–H and O–H groups in total. The highest BCUT2D eigenvalue weighted by Gasteiger charge is 2.16. The Kier molecular flexibility index (Phi) is 6.20. The number of methoxy groups -OCH3 is 1. The molecule has 1 aromatic heterocycles. The Labute approximate surface area is 142 Å². The van der Waals surface area contributed by atoms with Crippen molar-refractivity contribution >= 4 is 40.4 Å². The maximum absolute atomic E-state index is 13.6. The van der Waals surface area contributed by atoms with Crippen LogP contribution < -0.4 is 5.32 Å². The largest absolute Gasteiger partial charge is 0.374 e. The average molecular weight is 362 g/mol. The molecule has 7 heteroatoms. The van der Waals surface area contributed by atoms with Crippen molar-refractivity contribution in [1.82, 2.24) is 5.32 Å². The number of benzene rings is 1. The third-order valence-corrected chi connectivity index (χ3v) is 4.76. The van der Waals surface area contributed by atoms with Gasteiger partial charge in [-0.1, -0.05) is 29.3 Å². The van der Waals surface area contributed by atoms with E-state index in [9.17, 15) is 9.18 Å². The predicted molar refractivity (Wildman–Crippen MR) is 87.2 cm³/mol. The molecule has 0 aliphatic carbocycles. The van der Waals surface area contributed by atoms with Crippen LogP contribution in [0.15, 0.2) is 30.3 Å². The summed E-state index contributed by atoms with van der Waals surface area (Å²) in [7, 11) is 1.55. The quantitative estimate of drug-likeness (QED) is 0.835. The fraction of sp³-hybridized carbons (Fsp3) is 0.267. The van der Waals surface area contributed by atoms with Gasteiger partial charge in [0, 0.05) is 29.1 Å². The van der Waals surface area contributed by atoms with E-state index in [1.165, 1.54) is 23.5 Å². The molecule has 1 atom stereocenters. The number of hydrogen-bond acceptors (Lipinski definition) is 3. The number of amides is 1. The molecule has 0 aliphatic heterocycles. The van der Waals surface area contributed by atoms with Gasteiger partial charge in [0.25, 0.3) is 0 Å². The SMILES string of the molecule is CO[C@H](CNC(=O)Cc1c(F)cccc1Cl)c1ccc(Cl)s1. The van der Waals surface area contributed by atoms with Crippen molar-refractivity contribution < 1.29 is 13.9 Å². The lowest BCUT2D eigenvalue weighted by Crippen LogP contribution is -2.30. The molecule has 0 unspecified atom stereocenters. The molecule has 1 amide bonds. The molecule has 0 saturated heterocycles. The van der Waals surface area contributed by atoms with Crippen molar-refractivity contribution in [2.75, 3.05) is 13.7 Å². The van der Waals surface area contributed by atoms with Gasteiger partial charge in [0.05, 0.1) is 10.8 Å². The van der Waals surface area contributed by atoms with Gasteiger partial charge in [-0.25, -0.2) is 4.39 Å². The van der Waals surface area contributed by atoms with Gasteiger partial charge in [0.15, 0.2) is 0 Å². The van der Waals surface area contributed by atoms with Crippen molar-refractivity contribution in [3.05, 3.63) is 55.9 Å². The molecular weight excluding hydrogens is 348 g/mol. The zero-order chi connectivity index (χ0) is 16.1. The van der Waals surface area contributed by atoms with Crippen molar-refractivity contribution in [2.45, 2.75) is 12.5 Å². The van der Waals surface area contributed by atoms with Gasteiger partial charge < -0.3 is 10.1 Å². The minimum absolute atomic E-state index is 0.118. The van der Waals surface area contributed by atoms with E-state index in [0.717, 1.165) is 4.88 Å². The molecular formula is C15H14Cl2FNO2S. The van der Waals surface area contributed by atoms with Gasteiger partial charge in [-0.2, -0.15) is 0 Å². The van der Waals surface area contributed by atoms with Crippen LogP contribution in [0, 0.1) is 5.82 Å². The van der Waals surface area contributed by atoms with Gasteiger partial charge in [-0.05, 0) is 24.3 Å². The lowest BCUT2D eigenvalue weighted by atomic mass is 10.1. The molecule has 0 spiro atoms. The molecule has 118 valence electrons. The van der Waals surface area contributed by atoms with Crippen LogP contribution in [0.5, 0.6) is 0 Å². The van der Waals surface area contributed by atoms with E-state index in [0.29, 0.717) is 4.34 Å². The van der Waals surface area contributed by atoms with E-state index >= 15 is 0 Å². The third-order valence-electron chi connectivity index (χ3n) is 3.08. The summed E-state index contributed by atoms with van der Waals surface area (Å²) in [6, 6.07) is 7.95. The van der Waals surface area contributed by atoms with Crippen molar-refractivity contribution in [3.8, 4) is 0 Å². The first kappa shape index (κ1) is 17.2. The number of carbonyl (C=O) groups is 1. The second-order valence-electron chi connectivity index (χ2n) is 4.55. The van der Waals surface area contributed by atoms with E-state index in [2.05, 4.69) is 5.32 Å². The summed E-state index contributed by atoms with van der Waals surface area (Å²) in [6.07, 6.45) is -0.412. The lowest BCUT2D eigenvalue weighted by Gasteiger charge is -2.15. The van der Waals surface area contributed by atoms with Gasteiger partial charge in [-0.3, -0.25) is 4.79 Å². The zero-order valence-corrected chi connectivity index (χ0v) is 14.1. The van der Waals surface area contributed by atoms with Crippen LogP contribution in [0.1, 0.15) is 16.5 Å². The fourth-order valence-corrected chi connectivity index (χ4v) is 3.30. The topological polar surface area (TPSA) is 38.3 Å². The Hall–Kier alpha value is -1.14. The summed E-state index contributed by atoms with van der Waals surface area (Å²) in [4.78, 5) is 12.9. The molecule has 0 radical (unpaired) electrons. The van der Waals surface area contributed by atoms with Crippen LogP contribution in [-0.4, -0.2) is 19.6 Å². The lowest BCUT2D eigenvalue weighted by molar-refractivity contribution is -0.121. The molecule has 1 aromatic carbocycles. The Balaban J connectivity index is 1.94. The first-order valence-corrected chi connectivity index (χ1v) is 8.06. The molecule has 2 rings (SSSR count). The number of rotatable bonds is 6. The number of ether oxygens (including phenoxy) is 1. The van der Waals surface area contributed by atoms with E-state index in [-0.39, 0.29) is 35.6 Å². The van der Waals surface area contributed by atoms with E-state index in [1.807, 2.05) is 6.07 Å². The number of hydrogen-bond donors (Lipinski definition) is 1. The van der Waals surface area contributed by atoms with Crippen molar-refractivity contribution in [3.63, 3.8) is 0 Å². The Morgan fingerprint density at radius 3 is 2.73 bits per heavy atom. The predicted octanol–water partition coefficient (Wildman–Crippen LogP) is 4.24. The highest BCUT2D eigenvalue weighted by atomic mass is 35.5. The number of halogens is 3. The zero-order valence-electron chi connectivity index (χ0n) is 11.7. The minimum atomic E-state index is -0.490. The van der Waals surface area contributed by atoms with Crippen molar-refractivity contribution in [2.24, 2.45) is 0 Å². The smallest absolute Gasteiger partial charge is 0.224 e.